The van der Waals surface area contributed by atoms with Gasteiger partial charge in [-0.15, -0.1) is 0 Å². The molecule has 6 heteroatoms. The first-order chi connectivity index (χ1) is 12.2. The van der Waals surface area contributed by atoms with Crippen LogP contribution in [-0.4, -0.2) is 41.0 Å². The lowest BCUT2D eigenvalue weighted by molar-refractivity contribution is 0.0575. The summed E-state index contributed by atoms with van der Waals surface area (Å²) in [5, 5.41) is 12.0. The molecule has 1 fully saturated rings. The van der Waals surface area contributed by atoms with Crippen molar-refractivity contribution in [1.29, 1.82) is 0 Å². The Morgan fingerprint density at radius 3 is 2.80 bits per heavy atom. The number of aliphatic hydroxyl groups is 1. The molecule has 3 rings (SSSR count). The van der Waals surface area contributed by atoms with Crippen LogP contribution in [0, 0.1) is 0 Å². The number of amides is 2. The number of carbonyl (C=O) groups is 2. The van der Waals surface area contributed by atoms with E-state index in [-0.39, 0.29) is 24.3 Å². The van der Waals surface area contributed by atoms with Crippen molar-refractivity contribution >= 4 is 17.5 Å². The summed E-state index contributed by atoms with van der Waals surface area (Å²) in [6, 6.07) is 10.2. The summed E-state index contributed by atoms with van der Waals surface area (Å²) in [5.74, 6) is -0.317. The van der Waals surface area contributed by atoms with Gasteiger partial charge in [-0.2, -0.15) is 0 Å². The average Bonchev–Trinajstić information content (AvgIpc) is 3.17. The third kappa shape index (κ3) is 3.91. The van der Waals surface area contributed by atoms with Crippen molar-refractivity contribution in [2.75, 3.05) is 18.5 Å². The first-order valence-corrected chi connectivity index (χ1v) is 8.56. The first-order valence-electron chi connectivity index (χ1n) is 8.56. The van der Waals surface area contributed by atoms with E-state index in [1.807, 2.05) is 4.90 Å². The highest BCUT2D eigenvalue weighted by Crippen LogP contribution is 2.25. The lowest BCUT2D eigenvalue weighted by Gasteiger charge is -2.36. The van der Waals surface area contributed by atoms with Crippen LogP contribution < -0.4 is 5.32 Å². The van der Waals surface area contributed by atoms with Crippen LogP contribution in [0.5, 0.6) is 0 Å². The number of anilines is 1. The molecule has 1 saturated heterocycles. The number of piperidine rings is 1. The van der Waals surface area contributed by atoms with Gasteiger partial charge < -0.3 is 19.7 Å². The predicted molar refractivity (Wildman–Crippen MR) is 93.5 cm³/mol. The number of hydrogen-bond acceptors (Lipinski definition) is 4. The van der Waals surface area contributed by atoms with E-state index in [1.54, 1.807) is 36.4 Å². The molecule has 1 aromatic carbocycles. The minimum Gasteiger partial charge on any atom is -0.459 e. The number of benzene rings is 1. The van der Waals surface area contributed by atoms with Gasteiger partial charge in [0.1, 0.15) is 0 Å². The molecule has 1 aromatic heterocycles. The number of hydrogen-bond donors (Lipinski definition) is 2. The summed E-state index contributed by atoms with van der Waals surface area (Å²) < 4.78 is 5.10. The molecule has 1 aliphatic heterocycles. The molecule has 0 radical (unpaired) electrons. The third-order valence-electron chi connectivity index (χ3n) is 4.50. The van der Waals surface area contributed by atoms with Crippen molar-refractivity contribution < 1.29 is 19.1 Å². The van der Waals surface area contributed by atoms with E-state index in [9.17, 15) is 14.7 Å². The molecule has 1 unspecified atom stereocenters. The van der Waals surface area contributed by atoms with E-state index >= 15 is 0 Å². The minimum absolute atomic E-state index is 0.0417. The summed E-state index contributed by atoms with van der Waals surface area (Å²) in [7, 11) is 0. The summed E-state index contributed by atoms with van der Waals surface area (Å²) >= 11 is 0. The molecular formula is C19H22N2O4. The van der Waals surface area contributed by atoms with Gasteiger partial charge in [0.25, 0.3) is 11.8 Å². The molecule has 1 atom stereocenters. The summed E-state index contributed by atoms with van der Waals surface area (Å²) in [6.45, 7) is 0.731. The zero-order chi connectivity index (χ0) is 17.6. The second-order valence-electron chi connectivity index (χ2n) is 6.14. The van der Waals surface area contributed by atoms with Crippen LogP contribution >= 0.6 is 0 Å². The minimum atomic E-state index is -0.393. The van der Waals surface area contributed by atoms with Crippen molar-refractivity contribution in [2.45, 2.75) is 31.7 Å². The van der Waals surface area contributed by atoms with Crippen LogP contribution in [0.15, 0.2) is 47.1 Å². The second-order valence-corrected chi connectivity index (χ2v) is 6.14. The Morgan fingerprint density at radius 2 is 2.04 bits per heavy atom. The quantitative estimate of drug-likeness (QED) is 0.875. The molecule has 0 aliphatic carbocycles. The van der Waals surface area contributed by atoms with Crippen LogP contribution in [0.3, 0.4) is 0 Å². The predicted octanol–water partition coefficient (Wildman–Crippen LogP) is 2.91. The van der Waals surface area contributed by atoms with Gasteiger partial charge in [0.05, 0.1) is 17.5 Å². The lowest BCUT2D eigenvalue weighted by atomic mass is 9.98. The first kappa shape index (κ1) is 17.2. The molecule has 0 spiro atoms. The monoisotopic (exact) mass is 342 g/mol. The van der Waals surface area contributed by atoms with Crippen LogP contribution in [0.2, 0.25) is 0 Å². The van der Waals surface area contributed by atoms with Crippen molar-refractivity contribution in [2.24, 2.45) is 0 Å². The van der Waals surface area contributed by atoms with Gasteiger partial charge in [0.2, 0.25) is 0 Å². The Balaban J connectivity index is 1.81. The number of carbonyl (C=O) groups excluding carboxylic acids is 2. The molecule has 0 saturated carbocycles. The van der Waals surface area contributed by atoms with Gasteiger partial charge in [-0.05, 0) is 49.9 Å². The van der Waals surface area contributed by atoms with E-state index in [0.717, 1.165) is 19.3 Å². The van der Waals surface area contributed by atoms with Crippen molar-refractivity contribution in [3.63, 3.8) is 0 Å². The highest BCUT2D eigenvalue weighted by molar-refractivity contribution is 6.07. The fourth-order valence-corrected chi connectivity index (χ4v) is 3.24. The number of aliphatic hydroxyl groups excluding tert-OH is 1. The Bertz CT molecular complexity index is 725. The fourth-order valence-electron chi connectivity index (χ4n) is 3.24. The number of likely N-dealkylation sites (tertiary alicyclic amines) is 1. The molecule has 2 aromatic rings. The summed E-state index contributed by atoms with van der Waals surface area (Å²) in [5.41, 5.74) is 0.912. The average molecular weight is 342 g/mol. The molecule has 2 N–H and O–H groups in total. The zero-order valence-electron chi connectivity index (χ0n) is 14.0. The Hall–Kier alpha value is -2.60. The molecule has 0 bridgehead atoms. The van der Waals surface area contributed by atoms with Gasteiger partial charge in [-0.1, -0.05) is 12.1 Å². The molecule has 1 aliphatic rings. The smallest absolute Gasteiger partial charge is 0.291 e. The van der Waals surface area contributed by atoms with Crippen LogP contribution in [0.4, 0.5) is 5.69 Å². The van der Waals surface area contributed by atoms with E-state index in [0.29, 0.717) is 24.2 Å². The van der Waals surface area contributed by atoms with Gasteiger partial charge in [0.15, 0.2) is 5.76 Å². The van der Waals surface area contributed by atoms with Crippen LogP contribution in [0.25, 0.3) is 0 Å². The van der Waals surface area contributed by atoms with Gasteiger partial charge in [0, 0.05) is 19.2 Å². The van der Waals surface area contributed by atoms with Gasteiger partial charge in [-0.3, -0.25) is 9.59 Å². The molecule has 25 heavy (non-hydrogen) atoms. The van der Waals surface area contributed by atoms with Crippen molar-refractivity contribution in [3.05, 3.63) is 54.0 Å². The van der Waals surface area contributed by atoms with E-state index in [2.05, 4.69) is 5.32 Å². The van der Waals surface area contributed by atoms with E-state index in [4.69, 9.17) is 4.42 Å². The Morgan fingerprint density at radius 1 is 1.20 bits per heavy atom. The number of nitrogens with zero attached hydrogens (tertiary/aromatic N) is 1. The number of para-hydroxylation sites is 1. The normalized spacial score (nSPS) is 17.3. The second kappa shape index (κ2) is 7.98. The van der Waals surface area contributed by atoms with Crippen LogP contribution in [-0.2, 0) is 0 Å². The summed E-state index contributed by atoms with van der Waals surface area (Å²) in [6.07, 6.45) is 4.92. The number of furan rings is 1. The molecule has 2 heterocycles. The Kier molecular flexibility index (Phi) is 5.50. The number of rotatable bonds is 5. The maximum Gasteiger partial charge on any atom is 0.291 e. The van der Waals surface area contributed by atoms with E-state index < -0.39 is 5.91 Å². The van der Waals surface area contributed by atoms with E-state index in [1.165, 1.54) is 6.26 Å². The maximum atomic E-state index is 13.0. The number of nitrogens with one attached hydrogen (secondary N) is 1. The van der Waals surface area contributed by atoms with Gasteiger partial charge >= 0.3 is 0 Å². The molecular weight excluding hydrogens is 320 g/mol. The fraction of sp³-hybridized carbons (Fsp3) is 0.368. The van der Waals surface area contributed by atoms with Crippen molar-refractivity contribution in [3.8, 4) is 0 Å². The molecule has 6 nitrogen and oxygen atoms in total. The largest absolute Gasteiger partial charge is 0.459 e. The van der Waals surface area contributed by atoms with Gasteiger partial charge in [-0.25, -0.2) is 0 Å². The Labute approximate surface area is 146 Å². The third-order valence-corrected chi connectivity index (χ3v) is 4.50. The highest BCUT2D eigenvalue weighted by Gasteiger charge is 2.28. The molecule has 2 amide bonds. The maximum absolute atomic E-state index is 13.0. The lowest BCUT2D eigenvalue weighted by Crippen LogP contribution is -2.44. The highest BCUT2D eigenvalue weighted by atomic mass is 16.3. The molecule has 132 valence electrons. The standard InChI is InChI=1S/C19H22N2O4/c22-12-10-14-6-3-4-11-21(14)19(24)15-7-1-2-8-16(15)20-18(23)17-9-5-13-25-17/h1-2,5,7-9,13-14,22H,3-4,6,10-12H2,(H,20,23). The topological polar surface area (TPSA) is 82.8 Å². The summed E-state index contributed by atoms with van der Waals surface area (Å²) in [4.78, 5) is 27.1. The van der Waals surface area contributed by atoms with Crippen molar-refractivity contribution in [1.82, 2.24) is 4.90 Å². The zero-order valence-corrected chi connectivity index (χ0v) is 14.0. The van der Waals surface area contributed by atoms with Crippen LogP contribution in [0.1, 0.15) is 46.6 Å². The SMILES string of the molecule is O=C(Nc1ccccc1C(=O)N1CCCCC1CCO)c1ccco1.